The standard InChI is InChI=1S/C28H29FN4O3S/c29-23-10-5-4-9-22(23)24-19-25(21-7-2-1-3-8-21)33(30-24)27(34)20-32(28(35)26-11-6-18-37-26)13-12-31-14-16-36-17-15-31/h1-11,18,25H,12-17,19-20H2/t25-/m0/s1. The van der Waals surface area contributed by atoms with Crippen LogP contribution in [0.25, 0.3) is 0 Å². The van der Waals surface area contributed by atoms with E-state index < -0.39 is 0 Å². The van der Waals surface area contributed by atoms with Gasteiger partial charge in [0, 0.05) is 38.2 Å². The summed E-state index contributed by atoms with van der Waals surface area (Å²) in [6, 6.07) is 19.3. The highest BCUT2D eigenvalue weighted by atomic mass is 32.1. The van der Waals surface area contributed by atoms with Crippen LogP contribution in [0.15, 0.2) is 77.2 Å². The summed E-state index contributed by atoms with van der Waals surface area (Å²) in [6.07, 6.45) is 0.392. The molecule has 1 saturated heterocycles. The van der Waals surface area contributed by atoms with Crippen LogP contribution in [0.4, 0.5) is 4.39 Å². The number of hydrazone groups is 1. The maximum absolute atomic E-state index is 14.6. The zero-order valence-electron chi connectivity index (χ0n) is 20.5. The molecule has 1 fully saturated rings. The molecule has 5 rings (SSSR count). The molecule has 2 amide bonds. The van der Waals surface area contributed by atoms with E-state index in [1.807, 2.05) is 41.8 Å². The molecule has 0 aliphatic carbocycles. The predicted octanol–water partition coefficient (Wildman–Crippen LogP) is 4.04. The van der Waals surface area contributed by atoms with Gasteiger partial charge in [-0.05, 0) is 23.1 Å². The summed E-state index contributed by atoms with van der Waals surface area (Å²) in [4.78, 5) is 31.5. The number of benzene rings is 2. The van der Waals surface area contributed by atoms with Crippen LogP contribution < -0.4 is 0 Å². The first-order valence-electron chi connectivity index (χ1n) is 12.4. The summed E-state index contributed by atoms with van der Waals surface area (Å²) in [5, 5.41) is 7.88. The van der Waals surface area contributed by atoms with Crippen molar-refractivity contribution in [2.24, 2.45) is 5.10 Å². The lowest BCUT2D eigenvalue weighted by atomic mass is 9.98. The van der Waals surface area contributed by atoms with E-state index in [4.69, 9.17) is 4.74 Å². The molecule has 0 bridgehead atoms. The van der Waals surface area contributed by atoms with Gasteiger partial charge in [-0.15, -0.1) is 11.3 Å². The Kier molecular flexibility index (Phi) is 8.03. The fraction of sp³-hybridized carbons (Fsp3) is 0.321. The van der Waals surface area contributed by atoms with Gasteiger partial charge >= 0.3 is 0 Å². The van der Waals surface area contributed by atoms with Crippen molar-refractivity contribution in [2.75, 3.05) is 45.9 Å². The highest BCUT2D eigenvalue weighted by molar-refractivity contribution is 7.12. The molecule has 3 aromatic rings. The molecule has 192 valence electrons. The fourth-order valence-electron chi connectivity index (χ4n) is 4.66. The average molecular weight is 521 g/mol. The van der Waals surface area contributed by atoms with Crippen LogP contribution in [-0.4, -0.2) is 78.3 Å². The highest BCUT2D eigenvalue weighted by Crippen LogP contribution is 2.33. The monoisotopic (exact) mass is 520 g/mol. The number of amides is 2. The summed E-state index contributed by atoms with van der Waals surface area (Å²) in [7, 11) is 0. The second-order valence-corrected chi connectivity index (χ2v) is 10.0. The van der Waals surface area contributed by atoms with Gasteiger partial charge in [-0.2, -0.15) is 5.10 Å². The van der Waals surface area contributed by atoms with Gasteiger partial charge < -0.3 is 9.64 Å². The molecule has 3 heterocycles. The molecular formula is C28H29FN4O3S. The number of nitrogens with zero attached hydrogens (tertiary/aromatic N) is 4. The molecular weight excluding hydrogens is 491 g/mol. The van der Waals surface area contributed by atoms with Gasteiger partial charge in [0.1, 0.15) is 12.4 Å². The van der Waals surface area contributed by atoms with Gasteiger partial charge in [0.05, 0.1) is 29.8 Å². The van der Waals surface area contributed by atoms with Crippen molar-refractivity contribution >= 4 is 28.9 Å². The third-order valence-corrected chi connectivity index (χ3v) is 7.53. The van der Waals surface area contributed by atoms with E-state index in [0.717, 1.165) is 18.7 Å². The number of hydrogen-bond donors (Lipinski definition) is 0. The van der Waals surface area contributed by atoms with E-state index >= 15 is 0 Å². The zero-order chi connectivity index (χ0) is 25.6. The first-order valence-corrected chi connectivity index (χ1v) is 13.3. The quantitative estimate of drug-likeness (QED) is 0.450. The van der Waals surface area contributed by atoms with Crippen LogP contribution in [0, 0.1) is 5.82 Å². The molecule has 9 heteroatoms. The van der Waals surface area contributed by atoms with Crippen molar-refractivity contribution in [3.05, 3.63) is 93.9 Å². The molecule has 37 heavy (non-hydrogen) atoms. The predicted molar refractivity (Wildman–Crippen MR) is 141 cm³/mol. The van der Waals surface area contributed by atoms with Gasteiger partial charge in [0.15, 0.2) is 0 Å². The maximum Gasteiger partial charge on any atom is 0.264 e. The number of rotatable bonds is 8. The number of halogens is 1. The highest BCUT2D eigenvalue weighted by Gasteiger charge is 2.35. The number of morpholine rings is 1. The number of carbonyl (C=O) groups excluding carboxylic acids is 2. The van der Waals surface area contributed by atoms with Gasteiger partial charge in [0.2, 0.25) is 0 Å². The largest absolute Gasteiger partial charge is 0.379 e. The molecule has 0 saturated carbocycles. The van der Waals surface area contributed by atoms with E-state index in [-0.39, 0.29) is 30.2 Å². The molecule has 0 radical (unpaired) electrons. The topological polar surface area (TPSA) is 65.5 Å². The fourth-order valence-corrected chi connectivity index (χ4v) is 5.35. The van der Waals surface area contributed by atoms with Crippen molar-refractivity contribution in [2.45, 2.75) is 12.5 Å². The summed E-state index contributed by atoms with van der Waals surface area (Å²) in [5.74, 6) is -0.847. The third kappa shape index (κ3) is 5.95. The Balaban J connectivity index is 1.39. The average Bonchev–Trinajstić information content (AvgIpc) is 3.63. The van der Waals surface area contributed by atoms with Crippen LogP contribution in [0.5, 0.6) is 0 Å². The Bertz CT molecular complexity index is 1250. The van der Waals surface area contributed by atoms with Crippen LogP contribution >= 0.6 is 11.3 Å². The minimum absolute atomic E-state index is 0.113. The number of hydrogen-bond acceptors (Lipinski definition) is 6. The van der Waals surface area contributed by atoms with Gasteiger partial charge in [-0.3, -0.25) is 14.5 Å². The summed E-state index contributed by atoms with van der Waals surface area (Å²) >= 11 is 1.36. The zero-order valence-corrected chi connectivity index (χ0v) is 21.3. The summed E-state index contributed by atoms with van der Waals surface area (Å²) in [6.45, 7) is 3.88. The molecule has 1 atom stereocenters. The van der Waals surface area contributed by atoms with Gasteiger partial charge in [-0.1, -0.05) is 54.6 Å². The molecule has 7 nitrogen and oxygen atoms in total. The molecule has 0 N–H and O–H groups in total. The molecule has 2 aliphatic heterocycles. The van der Waals surface area contributed by atoms with E-state index in [2.05, 4.69) is 10.0 Å². The SMILES string of the molecule is O=C(c1cccs1)N(CCN1CCOCC1)CC(=O)N1N=C(c2ccccc2F)C[C@H]1c1ccccc1. The van der Waals surface area contributed by atoms with Crippen molar-refractivity contribution in [1.29, 1.82) is 0 Å². The minimum Gasteiger partial charge on any atom is -0.379 e. The molecule has 2 aromatic carbocycles. The molecule has 0 spiro atoms. The lowest BCUT2D eigenvalue weighted by Crippen LogP contribution is -2.46. The van der Waals surface area contributed by atoms with Gasteiger partial charge in [0.25, 0.3) is 11.8 Å². The van der Waals surface area contributed by atoms with Crippen LogP contribution in [0.1, 0.15) is 33.3 Å². The van der Waals surface area contributed by atoms with Crippen molar-refractivity contribution < 1.29 is 18.7 Å². The Morgan fingerprint density at radius 2 is 1.78 bits per heavy atom. The van der Waals surface area contributed by atoms with E-state index in [1.165, 1.54) is 22.4 Å². The van der Waals surface area contributed by atoms with Crippen LogP contribution in [0.3, 0.4) is 0 Å². The Morgan fingerprint density at radius 3 is 2.51 bits per heavy atom. The lowest BCUT2D eigenvalue weighted by Gasteiger charge is -2.31. The summed E-state index contributed by atoms with van der Waals surface area (Å²) in [5.41, 5.74) is 1.82. The molecule has 0 unspecified atom stereocenters. The van der Waals surface area contributed by atoms with E-state index in [9.17, 15) is 14.0 Å². The second kappa shape index (κ2) is 11.8. The number of ether oxygens (including phenoxy) is 1. The van der Waals surface area contributed by atoms with Crippen LogP contribution in [0.2, 0.25) is 0 Å². The third-order valence-electron chi connectivity index (χ3n) is 6.67. The Hall–Kier alpha value is -3.40. The van der Waals surface area contributed by atoms with Gasteiger partial charge in [-0.25, -0.2) is 9.40 Å². The lowest BCUT2D eigenvalue weighted by molar-refractivity contribution is -0.133. The Morgan fingerprint density at radius 1 is 1.03 bits per heavy atom. The number of carbonyl (C=O) groups is 2. The first-order chi connectivity index (χ1) is 18.1. The minimum atomic E-state index is -0.374. The Labute approximate surface area is 219 Å². The maximum atomic E-state index is 14.6. The van der Waals surface area contributed by atoms with Crippen molar-refractivity contribution in [1.82, 2.24) is 14.8 Å². The second-order valence-electron chi connectivity index (χ2n) is 9.05. The normalized spacial score (nSPS) is 18.0. The van der Waals surface area contributed by atoms with Crippen LogP contribution in [-0.2, 0) is 9.53 Å². The van der Waals surface area contributed by atoms with E-state index in [0.29, 0.717) is 48.9 Å². The van der Waals surface area contributed by atoms with Crippen molar-refractivity contribution in [3.63, 3.8) is 0 Å². The number of thiophene rings is 1. The summed E-state index contributed by atoms with van der Waals surface area (Å²) < 4.78 is 20.0. The molecule has 1 aromatic heterocycles. The first kappa shape index (κ1) is 25.3. The van der Waals surface area contributed by atoms with E-state index in [1.54, 1.807) is 29.2 Å². The molecule has 2 aliphatic rings. The smallest absolute Gasteiger partial charge is 0.264 e. The van der Waals surface area contributed by atoms with Crippen molar-refractivity contribution in [3.8, 4) is 0 Å².